The Labute approximate surface area is 258 Å². The minimum Gasteiger partial charge on any atom is -0.461 e. The zero-order chi connectivity index (χ0) is 31.4. The second kappa shape index (κ2) is 13.6. The number of benzene rings is 2. The molecule has 7 heteroatoms. The molecule has 2 heterocycles. The molecule has 0 spiro atoms. The van der Waals surface area contributed by atoms with Crippen LogP contribution in [0.2, 0.25) is 0 Å². The van der Waals surface area contributed by atoms with Crippen molar-refractivity contribution in [3.8, 4) is 0 Å². The summed E-state index contributed by atoms with van der Waals surface area (Å²) < 4.78 is 12.7. The van der Waals surface area contributed by atoms with Crippen molar-refractivity contribution in [2.45, 2.75) is 93.4 Å². The molecule has 1 saturated heterocycles. The molecule has 2 atom stereocenters. The Morgan fingerprint density at radius 3 is 1.98 bits per heavy atom. The highest BCUT2D eigenvalue weighted by Gasteiger charge is 2.30. The molecule has 0 saturated carbocycles. The van der Waals surface area contributed by atoms with Gasteiger partial charge < -0.3 is 9.47 Å². The zero-order valence-corrected chi connectivity index (χ0v) is 27.5. The number of carbonyl (C=O) groups excluding carboxylic acids is 2. The summed E-state index contributed by atoms with van der Waals surface area (Å²) in [7, 11) is 0. The third-order valence-corrected chi connectivity index (χ3v) is 8.21. The monoisotopic (exact) mass is 589 g/mol. The third kappa shape index (κ3) is 9.16. The molecule has 0 radical (unpaired) electrons. The van der Waals surface area contributed by atoms with E-state index >= 15 is 0 Å². The highest BCUT2D eigenvalue weighted by atomic mass is 16.6. The third-order valence-electron chi connectivity index (χ3n) is 8.21. The van der Waals surface area contributed by atoms with Gasteiger partial charge in [0.05, 0.1) is 18.7 Å². The fourth-order valence-corrected chi connectivity index (χ4v) is 5.70. The van der Waals surface area contributed by atoms with Crippen molar-refractivity contribution in [1.82, 2.24) is 14.4 Å². The van der Waals surface area contributed by atoms with Crippen molar-refractivity contribution in [2.75, 3.05) is 26.3 Å². The summed E-state index contributed by atoms with van der Waals surface area (Å²) in [4.78, 5) is 31.6. The van der Waals surface area contributed by atoms with Crippen LogP contribution in [-0.2, 0) is 22.6 Å². The highest BCUT2D eigenvalue weighted by molar-refractivity contribution is 6.01. The first-order chi connectivity index (χ1) is 20.2. The highest BCUT2D eigenvalue weighted by Crippen LogP contribution is 2.27. The van der Waals surface area contributed by atoms with E-state index in [1.54, 1.807) is 6.07 Å². The fourth-order valence-electron chi connectivity index (χ4n) is 5.70. The fraction of sp³-hybridized carbons (Fsp3) is 0.556. The molecule has 1 aliphatic heterocycles. The summed E-state index contributed by atoms with van der Waals surface area (Å²) in [6.45, 7) is 21.5. The molecule has 0 bridgehead atoms. The molecular formula is C36H51N3O4. The van der Waals surface area contributed by atoms with Gasteiger partial charge in [0.25, 0.3) is 0 Å². The van der Waals surface area contributed by atoms with Crippen LogP contribution in [0.1, 0.15) is 89.8 Å². The van der Waals surface area contributed by atoms with Gasteiger partial charge in [-0.25, -0.2) is 14.2 Å². The molecule has 0 N–H and O–H groups in total. The largest absolute Gasteiger partial charge is 0.461 e. The number of nitrogens with zero attached hydrogens (tertiary/aromatic N) is 3. The van der Waals surface area contributed by atoms with Crippen molar-refractivity contribution in [2.24, 2.45) is 10.8 Å². The van der Waals surface area contributed by atoms with E-state index in [1.165, 1.54) is 10.1 Å². The molecule has 0 amide bonds. The van der Waals surface area contributed by atoms with E-state index < -0.39 is 12.1 Å². The van der Waals surface area contributed by atoms with E-state index in [4.69, 9.17) is 9.47 Å². The Balaban J connectivity index is 1.51. The summed E-state index contributed by atoms with van der Waals surface area (Å²) in [5.74, 6) is -0.507. The number of fused-ring (bicyclic) bond motifs is 1. The molecule has 0 aliphatic carbocycles. The van der Waals surface area contributed by atoms with Gasteiger partial charge in [-0.1, -0.05) is 77.9 Å². The van der Waals surface area contributed by atoms with E-state index in [9.17, 15) is 9.59 Å². The van der Waals surface area contributed by atoms with Crippen LogP contribution in [0, 0.1) is 10.8 Å². The predicted octanol–water partition coefficient (Wildman–Crippen LogP) is 7.75. The maximum absolute atomic E-state index is 13.3. The average Bonchev–Trinajstić information content (AvgIpc) is 3.29. The molecule has 2 aromatic carbocycles. The predicted molar refractivity (Wildman–Crippen MR) is 173 cm³/mol. The van der Waals surface area contributed by atoms with Crippen LogP contribution in [0.5, 0.6) is 0 Å². The summed E-state index contributed by atoms with van der Waals surface area (Å²) in [6.07, 6.45) is 0.907. The quantitative estimate of drug-likeness (QED) is 0.238. The van der Waals surface area contributed by atoms with Crippen LogP contribution in [0.15, 0.2) is 54.6 Å². The Morgan fingerprint density at radius 2 is 1.37 bits per heavy atom. The first-order valence-electron chi connectivity index (χ1n) is 15.7. The summed E-state index contributed by atoms with van der Waals surface area (Å²) in [5, 5.41) is 0.830. The van der Waals surface area contributed by atoms with E-state index in [2.05, 4.69) is 108 Å². The van der Waals surface area contributed by atoms with Crippen LogP contribution in [-0.4, -0.2) is 64.8 Å². The Bertz CT molecular complexity index is 1370. The van der Waals surface area contributed by atoms with Crippen molar-refractivity contribution in [1.29, 1.82) is 0 Å². The molecule has 1 fully saturated rings. The van der Waals surface area contributed by atoms with Gasteiger partial charge in [-0.3, -0.25) is 9.80 Å². The first kappa shape index (κ1) is 32.7. The molecular weight excluding hydrogens is 538 g/mol. The summed E-state index contributed by atoms with van der Waals surface area (Å²) in [6, 6.07) is 19.4. The van der Waals surface area contributed by atoms with Gasteiger partial charge >= 0.3 is 12.1 Å². The number of hydrogen-bond donors (Lipinski definition) is 0. The molecule has 43 heavy (non-hydrogen) atoms. The molecule has 4 rings (SSSR count). The van der Waals surface area contributed by atoms with Gasteiger partial charge in [-0.15, -0.1) is 0 Å². The molecule has 7 nitrogen and oxygen atoms in total. The standard InChI is InChI=1S/C36H51N3O4/c1-26-22-37(23-27(2)38(26)25-28-12-10-9-11-13-28)24-29-14-15-31-30(20-29)21-32(33(40)42-18-16-35(3,4)5)39(31)34(41)43-19-17-36(6,7)8/h9-15,20-21,26-27H,16-19,22-25H2,1-8H3/t26-,27+. The molecule has 1 aliphatic rings. The lowest BCUT2D eigenvalue weighted by Gasteiger charge is -2.44. The van der Waals surface area contributed by atoms with Crippen molar-refractivity contribution in [3.05, 3.63) is 71.4 Å². The topological polar surface area (TPSA) is 64.0 Å². The van der Waals surface area contributed by atoms with Gasteiger partial charge in [0.15, 0.2) is 0 Å². The number of rotatable bonds is 9. The van der Waals surface area contributed by atoms with Gasteiger partial charge in [0.2, 0.25) is 0 Å². The van der Waals surface area contributed by atoms with E-state index in [0.29, 0.717) is 24.2 Å². The lowest BCUT2D eigenvalue weighted by atomic mass is 9.93. The minimum atomic E-state index is -0.549. The van der Waals surface area contributed by atoms with Crippen LogP contribution in [0.3, 0.4) is 0 Å². The van der Waals surface area contributed by atoms with Gasteiger partial charge in [0, 0.05) is 43.6 Å². The maximum atomic E-state index is 13.3. The number of carbonyl (C=O) groups is 2. The molecule has 1 aromatic heterocycles. The summed E-state index contributed by atoms with van der Waals surface area (Å²) in [5.41, 5.74) is 3.42. The summed E-state index contributed by atoms with van der Waals surface area (Å²) >= 11 is 0. The maximum Gasteiger partial charge on any atom is 0.419 e. The van der Waals surface area contributed by atoms with E-state index in [1.807, 2.05) is 6.07 Å². The van der Waals surface area contributed by atoms with E-state index in [-0.39, 0.29) is 23.1 Å². The second-order valence-corrected chi connectivity index (χ2v) is 14.7. The average molecular weight is 590 g/mol. The molecule has 3 aromatic rings. The number of aromatic nitrogens is 1. The van der Waals surface area contributed by atoms with Crippen LogP contribution >= 0.6 is 0 Å². The van der Waals surface area contributed by atoms with Crippen molar-refractivity contribution in [3.63, 3.8) is 0 Å². The lowest BCUT2D eigenvalue weighted by molar-refractivity contribution is 0.0290. The SMILES string of the molecule is C[C@@H]1CN(Cc2ccc3c(c2)cc(C(=O)OCCC(C)(C)C)n3C(=O)OCCC(C)(C)C)C[C@H](C)N1Cc1ccccc1. The van der Waals surface area contributed by atoms with E-state index in [0.717, 1.165) is 50.0 Å². The second-order valence-electron chi connectivity index (χ2n) is 14.7. The van der Waals surface area contributed by atoms with Crippen molar-refractivity contribution < 1.29 is 19.1 Å². The Kier molecular flexibility index (Phi) is 10.4. The van der Waals surface area contributed by atoms with Crippen LogP contribution in [0.4, 0.5) is 4.79 Å². The Morgan fingerprint density at radius 1 is 0.767 bits per heavy atom. The Hall–Kier alpha value is -3.16. The van der Waals surface area contributed by atoms with Gasteiger partial charge in [-0.2, -0.15) is 0 Å². The normalized spacial score (nSPS) is 18.6. The number of piperazine rings is 1. The van der Waals surface area contributed by atoms with Gasteiger partial charge in [-0.05, 0) is 66.8 Å². The number of ether oxygens (including phenoxy) is 2. The lowest BCUT2D eigenvalue weighted by Crippen LogP contribution is -2.55. The van der Waals surface area contributed by atoms with Gasteiger partial charge in [0.1, 0.15) is 5.69 Å². The molecule has 0 unspecified atom stereocenters. The van der Waals surface area contributed by atoms with Crippen LogP contribution < -0.4 is 0 Å². The van der Waals surface area contributed by atoms with Crippen LogP contribution in [0.25, 0.3) is 10.9 Å². The number of hydrogen-bond acceptors (Lipinski definition) is 6. The van der Waals surface area contributed by atoms with Crippen molar-refractivity contribution >= 4 is 23.0 Å². The number of esters is 1. The first-order valence-corrected chi connectivity index (χ1v) is 15.7. The molecule has 234 valence electrons. The zero-order valence-electron chi connectivity index (χ0n) is 27.5. The minimum absolute atomic E-state index is 0.0324. The smallest absolute Gasteiger partial charge is 0.419 e.